The zero-order chi connectivity index (χ0) is 14.5. The van der Waals surface area contributed by atoms with E-state index in [0.717, 1.165) is 11.3 Å². The predicted molar refractivity (Wildman–Crippen MR) is 75.2 cm³/mol. The third kappa shape index (κ3) is 2.90. The number of nitrogens with zero attached hydrogens (tertiary/aromatic N) is 2. The summed E-state index contributed by atoms with van der Waals surface area (Å²) in [5.41, 5.74) is 1.70. The van der Waals surface area contributed by atoms with Crippen LogP contribution in [-0.4, -0.2) is 28.0 Å². The molecule has 1 aromatic carbocycles. The number of benzene rings is 1. The molecule has 0 bridgehead atoms. The van der Waals surface area contributed by atoms with Crippen LogP contribution in [0.4, 0.5) is 5.69 Å². The van der Waals surface area contributed by atoms with E-state index in [0.29, 0.717) is 18.8 Å². The summed E-state index contributed by atoms with van der Waals surface area (Å²) in [5.74, 6) is -0.218. The summed E-state index contributed by atoms with van der Waals surface area (Å²) in [7, 11) is 1.61. The Kier molecular flexibility index (Phi) is 4.24. The van der Waals surface area contributed by atoms with E-state index in [4.69, 9.17) is 4.74 Å². The number of anilines is 1. The number of carboxylic acids is 1. The summed E-state index contributed by atoms with van der Waals surface area (Å²) in [5, 5.41) is 16.4. The number of hydrogen-bond acceptors (Lipinski definition) is 4. The summed E-state index contributed by atoms with van der Waals surface area (Å²) in [6.45, 7) is 2.88. The van der Waals surface area contributed by atoms with Gasteiger partial charge in [0.1, 0.15) is 5.75 Å². The third-order valence-electron chi connectivity index (χ3n) is 2.96. The molecule has 20 heavy (non-hydrogen) atoms. The Morgan fingerprint density at radius 2 is 2.30 bits per heavy atom. The van der Waals surface area contributed by atoms with Crippen LogP contribution in [0.1, 0.15) is 23.0 Å². The van der Waals surface area contributed by atoms with Crippen molar-refractivity contribution in [2.45, 2.75) is 20.0 Å². The van der Waals surface area contributed by atoms with Gasteiger partial charge in [-0.1, -0.05) is 12.1 Å². The monoisotopic (exact) mass is 275 g/mol. The topological polar surface area (TPSA) is 76.4 Å². The molecule has 1 heterocycles. The smallest absolute Gasteiger partial charge is 0.356 e. The van der Waals surface area contributed by atoms with Crippen LogP contribution in [0.25, 0.3) is 0 Å². The van der Waals surface area contributed by atoms with Crippen LogP contribution in [0.2, 0.25) is 0 Å². The largest absolute Gasteiger partial charge is 0.497 e. The zero-order valence-electron chi connectivity index (χ0n) is 11.5. The van der Waals surface area contributed by atoms with E-state index < -0.39 is 5.97 Å². The van der Waals surface area contributed by atoms with E-state index >= 15 is 0 Å². The van der Waals surface area contributed by atoms with Gasteiger partial charge in [-0.2, -0.15) is 5.10 Å². The number of aromatic nitrogens is 2. The first kappa shape index (κ1) is 13.9. The van der Waals surface area contributed by atoms with Gasteiger partial charge in [0.25, 0.3) is 0 Å². The van der Waals surface area contributed by atoms with Gasteiger partial charge in [0.05, 0.1) is 19.0 Å². The number of nitrogens with one attached hydrogen (secondary N) is 1. The summed E-state index contributed by atoms with van der Waals surface area (Å²) < 4.78 is 6.61. The number of carbonyl (C=O) groups is 1. The second-order valence-corrected chi connectivity index (χ2v) is 4.23. The highest BCUT2D eigenvalue weighted by molar-refractivity contribution is 5.92. The molecule has 1 aromatic heterocycles. The molecule has 0 fully saturated rings. The maximum absolute atomic E-state index is 11.3. The van der Waals surface area contributed by atoms with Gasteiger partial charge in [0, 0.05) is 13.1 Å². The van der Waals surface area contributed by atoms with Crippen LogP contribution in [0.15, 0.2) is 30.5 Å². The fourth-order valence-electron chi connectivity index (χ4n) is 1.96. The van der Waals surface area contributed by atoms with Crippen molar-refractivity contribution in [3.63, 3.8) is 0 Å². The molecule has 0 aliphatic rings. The van der Waals surface area contributed by atoms with Gasteiger partial charge in [-0.05, 0) is 24.6 Å². The number of rotatable bonds is 6. The van der Waals surface area contributed by atoms with E-state index in [1.807, 2.05) is 31.2 Å². The lowest BCUT2D eigenvalue weighted by atomic mass is 10.2. The SMILES string of the molecule is CCn1ncc(NCc2cccc(OC)c2)c1C(=O)O. The Bertz CT molecular complexity index is 607. The third-order valence-corrected chi connectivity index (χ3v) is 2.96. The number of hydrogen-bond donors (Lipinski definition) is 2. The van der Waals surface area contributed by atoms with Crippen LogP contribution < -0.4 is 10.1 Å². The lowest BCUT2D eigenvalue weighted by Gasteiger charge is -2.08. The molecule has 2 rings (SSSR count). The Labute approximate surface area is 117 Å². The fraction of sp³-hybridized carbons (Fsp3) is 0.286. The highest BCUT2D eigenvalue weighted by atomic mass is 16.5. The number of aryl methyl sites for hydroxylation is 1. The van der Waals surface area contributed by atoms with Crippen molar-refractivity contribution in [2.75, 3.05) is 12.4 Å². The first-order valence-corrected chi connectivity index (χ1v) is 6.31. The van der Waals surface area contributed by atoms with E-state index in [1.165, 1.54) is 10.9 Å². The van der Waals surface area contributed by atoms with Crippen molar-refractivity contribution in [2.24, 2.45) is 0 Å². The summed E-state index contributed by atoms with van der Waals surface area (Å²) in [6.07, 6.45) is 1.53. The minimum atomic E-state index is -0.988. The molecule has 2 N–H and O–H groups in total. The number of ether oxygens (including phenoxy) is 1. The van der Waals surface area contributed by atoms with E-state index in [1.54, 1.807) is 7.11 Å². The van der Waals surface area contributed by atoms with E-state index in [9.17, 15) is 9.90 Å². The van der Waals surface area contributed by atoms with Gasteiger partial charge in [-0.15, -0.1) is 0 Å². The number of aromatic carboxylic acids is 1. The van der Waals surface area contributed by atoms with Crippen molar-refractivity contribution < 1.29 is 14.6 Å². The van der Waals surface area contributed by atoms with Crippen LogP contribution in [-0.2, 0) is 13.1 Å². The first-order chi connectivity index (χ1) is 9.65. The Balaban J connectivity index is 2.14. The highest BCUT2D eigenvalue weighted by Gasteiger charge is 2.16. The molecule has 0 aliphatic carbocycles. The Hall–Kier alpha value is -2.50. The molecular weight excluding hydrogens is 258 g/mol. The molecule has 0 aliphatic heterocycles. The molecule has 6 nitrogen and oxygen atoms in total. The molecular formula is C14H17N3O3. The first-order valence-electron chi connectivity index (χ1n) is 6.31. The van der Waals surface area contributed by atoms with Crippen LogP contribution in [0.5, 0.6) is 5.75 Å². The molecule has 0 amide bonds. The van der Waals surface area contributed by atoms with Crippen molar-refractivity contribution in [1.29, 1.82) is 0 Å². The second-order valence-electron chi connectivity index (χ2n) is 4.23. The van der Waals surface area contributed by atoms with E-state index in [2.05, 4.69) is 10.4 Å². The predicted octanol–water partition coefficient (Wildman–Crippen LogP) is 2.22. The normalized spacial score (nSPS) is 10.3. The maximum Gasteiger partial charge on any atom is 0.356 e. The van der Waals surface area contributed by atoms with Gasteiger partial charge in [0.2, 0.25) is 0 Å². The average Bonchev–Trinajstić information content (AvgIpc) is 2.88. The van der Waals surface area contributed by atoms with Crippen LogP contribution in [0.3, 0.4) is 0 Å². The average molecular weight is 275 g/mol. The van der Waals surface area contributed by atoms with E-state index in [-0.39, 0.29) is 5.69 Å². The molecule has 0 atom stereocenters. The fourth-order valence-corrected chi connectivity index (χ4v) is 1.96. The summed E-state index contributed by atoms with van der Waals surface area (Å²) >= 11 is 0. The van der Waals surface area contributed by atoms with Gasteiger partial charge in [0.15, 0.2) is 5.69 Å². The van der Waals surface area contributed by atoms with Gasteiger partial charge in [-0.25, -0.2) is 4.79 Å². The highest BCUT2D eigenvalue weighted by Crippen LogP contribution is 2.18. The summed E-state index contributed by atoms with van der Waals surface area (Å²) in [4.78, 5) is 11.3. The van der Waals surface area contributed by atoms with Crippen LogP contribution in [0, 0.1) is 0 Å². The van der Waals surface area contributed by atoms with Crippen molar-refractivity contribution in [3.05, 3.63) is 41.7 Å². The zero-order valence-corrected chi connectivity index (χ0v) is 11.5. The standard InChI is InChI=1S/C14H17N3O3/c1-3-17-13(14(18)19)12(9-16-17)15-8-10-5-4-6-11(7-10)20-2/h4-7,9,15H,3,8H2,1-2H3,(H,18,19). The molecule has 106 valence electrons. The van der Waals surface area contributed by atoms with Gasteiger partial charge < -0.3 is 15.2 Å². The Morgan fingerprint density at radius 1 is 1.50 bits per heavy atom. The Morgan fingerprint density at radius 3 is 2.95 bits per heavy atom. The molecule has 0 saturated carbocycles. The second kappa shape index (κ2) is 6.10. The quantitative estimate of drug-likeness (QED) is 0.845. The van der Waals surface area contributed by atoms with Crippen molar-refractivity contribution in [1.82, 2.24) is 9.78 Å². The molecule has 0 saturated heterocycles. The number of methoxy groups -OCH3 is 1. The minimum absolute atomic E-state index is 0.176. The lowest BCUT2D eigenvalue weighted by Crippen LogP contribution is -2.11. The van der Waals surface area contributed by atoms with Crippen molar-refractivity contribution >= 4 is 11.7 Å². The molecule has 6 heteroatoms. The molecule has 0 radical (unpaired) electrons. The minimum Gasteiger partial charge on any atom is -0.497 e. The molecule has 2 aromatic rings. The summed E-state index contributed by atoms with van der Waals surface area (Å²) in [6, 6.07) is 7.60. The number of carboxylic acid groups (broad SMARTS) is 1. The molecule has 0 unspecified atom stereocenters. The maximum atomic E-state index is 11.3. The molecule has 0 spiro atoms. The van der Waals surface area contributed by atoms with Crippen LogP contribution >= 0.6 is 0 Å². The lowest BCUT2D eigenvalue weighted by molar-refractivity contribution is 0.0684. The van der Waals surface area contributed by atoms with Gasteiger partial charge in [-0.3, -0.25) is 4.68 Å². The van der Waals surface area contributed by atoms with Crippen molar-refractivity contribution in [3.8, 4) is 5.75 Å². The van der Waals surface area contributed by atoms with Gasteiger partial charge >= 0.3 is 5.97 Å².